The third-order valence-electron chi connectivity index (χ3n) is 4.61. The third-order valence-corrected chi connectivity index (χ3v) is 6.06. The molecule has 0 atom stereocenters. The number of hydrogen-bond donors (Lipinski definition) is 2. The van der Waals surface area contributed by atoms with E-state index >= 15 is 0 Å². The highest BCUT2D eigenvalue weighted by Crippen LogP contribution is 2.35. The highest BCUT2D eigenvalue weighted by atomic mass is 79.9. The number of methoxy groups -OCH3 is 1. The third kappa shape index (κ3) is 6.14. The smallest absolute Gasteiger partial charge is 0.335 e. The molecule has 0 radical (unpaired) electrons. The van der Waals surface area contributed by atoms with Crippen LogP contribution in [-0.4, -0.2) is 18.2 Å². The van der Waals surface area contributed by atoms with Crippen molar-refractivity contribution in [3.8, 4) is 11.5 Å². The summed E-state index contributed by atoms with van der Waals surface area (Å²) < 4.78 is 12.3. The number of carboxylic acids is 1. The number of benzene rings is 3. The number of aromatic carboxylic acids is 1. The molecule has 5 nitrogen and oxygen atoms in total. The normalized spacial score (nSPS) is 10.7. The van der Waals surface area contributed by atoms with Crippen molar-refractivity contribution < 1.29 is 19.4 Å². The number of nitrogens with one attached hydrogen (secondary N) is 1. The van der Waals surface area contributed by atoms with E-state index in [4.69, 9.17) is 37.8 Å². The van der Waals surface area contributed by atoms with Crippen LogP contribution >= 0.6 is 39.1 Å². The van der Waals surface area contributed by atoms with Crippen LogP contribution in [0.25, 0.3) is 0 Å². The van der Waals surface area contributed by atoms with Gasteiger partial charge in [-0.25, -0.2) is 4.79 Å². The quantitative estimate of drug-likeness (QED) is 0.342. The lowest BCUT2D eigenvalue weighted by Crippen LogP contribution is -2.13. The molecule has 0 bridgehead atoms. The minimum atomic E-state index is -0.936. The summed E-state index contributed by atoms with van der Waals surface area (Å²) in [7, 11) is 1.58. The first kappa shape index (κ1) is 23.4. The predicted octanol–water partition coefficient (Wildman–Crippen LogP) is 6.33. The van der Waals surface area contributed by atoms with Crippen molar-refractivity contribution in [1.29, 1.82) is 0 Å². The highest BCUT2D eigenvalue weighted by molar-refractivity contribution is 9.10. The first-order valence-electron chi connectivity index (χ1n) is 9.34. The van der Waals surface area contributed by atoms with E-state index in [1.165, 1.54) is 0 Å². The number of hydrogen-bond acceptors (Lipinski definition) is 4. The Morgan fingerprint density at radius 3 is 2.32 bits per heavy atom. The van der Waals surface area contributed by atoms with Crippen LogP contribution in [-0.2, 0) is 19.7 Å². The van der Waals surface area contributed by atoms with Crippen molar-refractivity contribution in [1.82, 2.24) is 5.32 Å². The van der Waals surface area contributed by atoms with Crippen LogP contribution in [0.5, 0.6) is 11.5 Å². The Morgan fingerprint density at radius 1 is 1.03 bits per heavy atom. The average molecular weight is 525 g/mol. The molecule has 0 saturated carbocycles. The monoisotopic (exact) mass is 523 g/mol. The van der Waals surface area contributed by atoms with Gasteiger partial charge in [-0.15, -0.1) is 0 Å². The maximum Gasteiger partial charge on any atom is 0.335 e. The van der Waals surface area contributed by atoms with Crippen molar-refractivity contribution in [3.63, 3.8) is 0 Å². The average Bonchev–Trinajstić information content (AvgIpc) is 2.75. The Morgan fingerprint density at radius 2 is 1.71 bits per heavy atom. The summed E-state index contributed by atoms with van der Waals surface area (Å²) in [6.45, 7) is 1.39. The lowest BCUT2D eigenvalue weighted by molar-refractivity contribution is 0.0697. The molecule has 31 heavy (non-hydrogen) atoms. The zero-order valence-electron chi connectivity index (χ0n) is 16.6. The van der Waals surface area contributed by atoms with E-state index in [2.05, 4.69) is 21.2 Å². The Bertz CT molecular complexity index is 1050. The molecule has 0 saturated heterocycles. The van der Waals surface area contributed by atoms with Crippen LogP contribution in [0.1, 0.15) is 27.0 Å². The molecule has 0 aliphatic carbocycles. The molecule has 3 rings (SSSR count). The molecule has 0 aromatic heterocycles. The van der Waals surface area contributed by atoms with Gasteiger partial charge in [0.25, 0.3) is 0 Å². The Balaban J connectivity index is 1.65. The zero-order chi connectivity index (χ0) is 22.4. The van der Waals surface area contributed by atoms with Crippen LogP contribution in [0.2, 0.25) is 10.0 Å². The van der Waals surface area contributed by atoms with Crippen molar-refractivity contribution in [2.75, 3.05) is 7.11 Å². The maximum absolute atomic E-state index is 10.9. The molecule has 0 aliphatic heterocycles. The predicted molar refractivity (Wildman–Crippen MR) is 125 cm³/mol. The number of halogens is 3. The largest absolute Gasteiger partial charge is 0.493 e. The van der Waals surface area contributed by atoms with Gasteiger partial charge in [0.2, 0.25) is 0 Å². The molecule has 2 N–H and O–H groups in total. The number of carboxylic acid groups (broad SMARTS) is 1. The van der Waals surface area contributed by atoms with Gasteiger partial charge in [0, 0.05) is 33.2 Å². The molecule has 162 valence electrons. The Kier molecular flexibility index (Phi) is 8.21. The van der Waals surface area contributed by atoms with E-state index in [-0.39, 0.29) is 12.2 Å². The second-order valence-electron chi connectivity index (χ2n) is 6.69. The van der Waals surface area contributed by atoms with Gasteiger partial charge in [0.05, 0.1) is 12.7 Å². The van der Waals surface area contributed by atoms with Crippen LogP contribution in [0.4, 0.5) is 0 Å². The molecule has 0 aliphatic rings. The summed E-state index contributed by atoms with van der Waals surface area (Å²) in [5.41, 5.74) is 2.96. The fourth-order valence-corrected chi connectivity index (χ4v) is 3.88. The van der Waals surface area contributed by atoms with Crippen LogP contribution in [0.15, 0.2) is 59.1 Å². The summed E-state index contributed by atoms with van der Waals surface area (Å²) >= 11 is 16.0. The molecule has 0 amide bonds. The van der Waals surface area contributed by atoms with Gasteiger partial charge < -0.3 is 19.9 Å². The molecule has 0 unspecified atom stereocenters. The molecular weight excluding hydrogens is 505 g/mol. The van der Waals surface area contributed by atoms with Gasteiger partial charge in [0.1, 0.15) is 6.61 Å². The number of rotatable bonds is 9. The fraction of sp³-hybridized carbons (Fsp3) is 0.174. The van der Waals surface area contributed by atoms with E-state index in [9.17, 15) is 4.79 Å². The van der Waals surface area contributed by atoms with Crippen LogP contribution in [0.3, 0.4) is 0 Å². The molecule has 3 aromatic rings. The summed E-state index contributed by atoms with van der Waals surface area (Å²) in [6.07, 6.45) is 0. The lowest BCUT2D eigenvalue weighted by Gasteiger charge is -2.15. The van der Waals surface area contributed by atoms with Crippen molar-refractivity contribution in [3.05, 3.63) is 91.4 Å². The Hall–Kier alpha value is -2.25. The van der Waals surface area contributed by atoms with Gasteiger partial charge in [-0.2, -0.15) is 0 Å². The number of carbonyl (C=O) groups is 1. The van der Waals surface area contributed by atoms with Crippen LogP contribution < -0.4 is 14.8 Å². The maximum atomic E-state index is 10.9. The highest BCUT2D eigenvalue weighted by Gasteiger charge is 2.13. The molecule has 0 spiro atoms. The fourth-order valence-electron chi connectivity index (χ4n) is 2.91. The standard InChI is InChI=1S/C23H20BrCl2NO4/c1-30-21-9-16(12-27-11-14-5-7-15(8-6-14)23(28)29)18(24)10-22(21)31-13-17-19(25)3-2-4-20(17)26/h2-10,27H,11-13H2,1H3,(H,28,29). The van der Waals surface area contributed by atoms with E-state index in [1.807, 2.05) is 12.1 Å². The summed E-state index contributed by atoms with van der Waals surface area (Å²) in [6, 6.07) is 15.8. The second kappa shape index (κ2) is 10.9. The van der Waals surface area contributed by atoms with Crippen molar-refractivity contribution in [2.24, 2.45) is 0 Å². The van der Waals surface area contributed by atoms with Gasteiger partial charge in [-0.3, -0.25) is 0 Å². The molecule has 3 aromatic carbocycles. The second-order valence-corrected chi connectivity index (χ2v) is 8.36. The lowest BCUT2D eigenvalue weighted by atomic mass is 10.1. The van der Waals surface area contributed by atoms with E-state index in [1.54, 1.807) is 49.6 Å². The summed E-state index contributed by atoms with van der Waals surface area (Å²) in [4.78, 5) is 10.9. The molecular formula is C23H20BrCl2NO4. The first-order valence-corrected chi connectivity index (χ1v) is 10.9. The van der Waals surface area contributed by atoms with Gasteiger partial charge in [0.15, 0.2) is 11.5 Å². The Labute approximate surface area is 199 Å². The number of ether oxygens (including phenoxy) is 2. The molecule has 0 fully saturated rings. The van der Waals surface area contributed by atoms with Gasteiger partial charge >= 0.3 is 5.97 Å². The van der Waals surface area contributed by atoms with Crippen molar-refractivity contribution >= 4 is 45.1 Å². The first-order chi connectivity index (χ1) is 14.9. The zero-order valence-corrected chi connectivity index (χ0v) is 19.7. The van der Waals surface area contributed by atoms with E-state index in [0.717, 1.165) is 15.6 Å². The molecule has 8 heteroatoms. The van der Waals surface area contributed by atoms with E-state index in [0.29, 0.717) is 40.2 Å². The SMILES string of the molecule is COc1cc(CNCc2ccc(C(=O)O)cc2)c(Br)cc1OCc1c(Cl)cccc1Cl. The van der Waals surface area contributed by atoms with Gasteiger partial charge in [-0.1, -0.05) is 57.3 Å². The summed E-state index contributed by atoms with van der Waals surface area (Å²) in [5, 5.41) is 13.4. The molecule has 0 heterocycles. The van der Waals surface area contributed by atoms with E-state index < -0.39 is 5.97 Å². The topological polar surface area (TPSA) is 67.8 Å². The van der Waals surface area contributed by atoms with Gasteiger partial charge in [-0.05, 0) is 47.5 Å². The minimum absolute atomic E-state index is 0.214. The van der Waals surface area contributed by atoms with Crippen LogP contribution in [0, 0.1) is 0 Å². The van der Waals surface area contributed by atoms with Crippen molar-refractivity contribution in [2.45, 2.75) is 19.7 Å². The minimum Gasteiger partial charge on any atom is -0.493 e. The summed E-state index contributed by atoms with van der Waals surface area (Å²) in [5.74, 6) is 0.224.